The highest BCUT2D eigenvalue weighted by Gasteiger charge is 2.09. The number of hydrogen-bond acceptors (Lipinski definition) is 4. The van der Waals surface area contributed by atoms with Crippen LogP contribution in [0.5, 0.6) is 5.75 Å². The van der Waals surface area contributed by atoms with Crippen LogP contribution >= 0.6 is 0 Å². The Labute approximate surface area is 104 Å². The van der Waals surface area contributed by atoms with Crippen LogP contribution in [0.3, 0.4) is 0 Å². The molecule has 0 aliphatic rings. The molecule has 0 amide bonds. The second-order valence-corrected chi connectivity index (χ2v) is 4.13. The van der Waals surface area contributed by atoms with Gasteiger partial charge in [-0.25, -0.2) is 4.98 Å². The molecule has 1 aromatic carbocycles. The molecule has 1 aromatic heterocycles. The molecule has 0 atom stereocenters. The van der Waals surface area contributed by atoms with E-state index in [4.69, 9.17) is 9.84 Å². The molecule has 0 spiro atoms. The van der Waals surface area contributed by atoms with Crippen LogP contribution in [0.15, 0.2) is 18.2 Å². The monoisotopic (exact) mass is 249 g/mol. The topological polar surface area (TPSA) is 78.4 Å². The summed E-state index contributed by atoms with van der Waals surface area (Å²) in [6.07, 6.45) is 0. The summed E-state index contributed by atoms with van der Waals surface area (Å²) in [6.45, 7) is 0.448. The molecule has 0 aliphatic carbocycles. The number of aromatic amines is 1. The molecule has 2 N–H and O–H groups in total. The van der Waals surface area contributed by atoms with Gasteiger partial charge in [0.15, 0.2) is 0 Å². The number of methoxy groups -OCH3 is 1. The van der Waals surface area contributed by atoms with Crippen molar-refractivity contribution in [2.75, 3.05) is 20.7 Å². The van der Waals surface area contributed by atoms with Crippen LogP contribution in [0.25, 0.3) is 11.0 Å². The van der Waals surface area contributed by atoms with Crippen molar-refractivity contribution in [2.45, 2.75) is 6.54 Å². The second kappa shape index (κ2) is 5.05. The fraction of sp³-hybridized carbons (Fsp3) is 0.333. The Morgan fingerprint density at radius 3 is 3.00 bits per heavy atom. The van der Waals surface area contributed by atoms with Gasteiger partial charge in [0.05, 0.1) is 31.2 Å². The predicted molar refractivity (Wildman–Crippen MR) is 66.6 cm³/mol. The smallest absolute Gasteiger partial charge is 0.317 e. The summed E-state index contributed by atoms with van der Waals surface area (Å²) in [4.78, 5) is 19.8. The van der Waals surface area contributed by atoms with E-state index in [1.165, 1.54) is 0 Å². The molecule has 0 aliphatic heterocycles. The van der Waals surface area contributed by atoms with Crippen molar-refractivity contribution in [2.24, 2.45) is 0 Å². The number of nitrogens with zero attached hydrogens (tertiary/aromatic N) is 2. The van der Waals surface area contributed by atoms with Gasteiger partial charge in [-0.3, -0.25) is 9.69 Å². The summed E-state index contributed by atoms with van der Waals surface area (Å²) < 4.78 is 5.13. The van der Waals surface area contributed by atoms with Gasteiger partial charge in [-0.2, -0.15) is 0 Å². The average molecular weight is 249 g/mol. The summed E-state index contributed by atoms with van der Waals surface area (Å²) in [7, 11) is 3.35. The van der Waals surface area contributed by atoms with E-state index in [-0.39, 0.29) is 6.54 Å². The average Bonchev–Trinajstić information content (AvgIpc) is 2.68. The third-order valence-corrected chi connectivity index (χ3v) is 2.56. The van der Waals surface area contributed by atoms with E-state index < -0.39 is 5.97 Å². The first-order valence-electron chi connectivity index (χ1n) is 5.51. The Morgan fingerprint density at radius 2 is 2.33 bits per heavy atom. The minimum atomic E-state index is -0.852. The first-order chi connectivity index (χ1) is 8.58. The first kappa shape index (κ1) is 12.4. The second-order valence-electron chi connectivity index (χ2n) is 4.13. The molecule has 6 nitrogen and oxygen atoms in total. The van der Waals surface area contributed by atoms with E-state index in [0.29, 0.717) is 6.54 Å². The number of carboxylic acid groups (broad SMARTS) is 1. The number of benzene rings is 1. The fourth-order valence-electron chi connectivity index (χ4n) is 1.79. The molecule has 1 heterocycles. The number of aromatic nitrogens is 2. The van der Waals surface area contributed by atoms with Crippen LogP contribution < -0.4 is 4.74 Å². The molecule has 0 unspecified atom stereocenters. The lowest BCUT2D eigenvalue weighted by Gasteiger charge is -2.11. The van der Waals surface area contributed by atoms with Crippen molar-refractivity contribution < 1.29 is 14.6 Å². The van der Waals surface area contributed by atoms with Gasteiger partial charge in [-0.05, 0) is 19.2 Å². The predicted octanol–water partition coefficient (Wildman–Crippen LogP) is 1.09. The normalized spacial score (nSPS) is 11.1. The maximum absolute atomic E-state index is 10.6. The molecule has 2 rings (SSSR count). The minimum Gasteiger partial charge on any atom is -0.497 e. The molecule has 2 aromatic rings. The number of ether oxygens (including phenoxy) is 1. The Balaban J connectivity index is 2.17. The number of H-pyrrole nitrogens is 1. The highest BCUT2D eigenvalue weighted by atomic mass is 16.5. The number of likely N-dealkylation sites (N-methyl/N-ethyl adjacent to an activating group) is 1. The number of aliphatic carboxylic acids is 1. The zero-order valence-electron chi connectivity index (χ0n) is 10.3. The van der Waals surface area contributed by atoms with Gasteiger partial charge in [0.25, 0.3) is 0 Å². The van der Waals surface area contributed by atoms with Crippen LogP contribution in [0.1, 0.15) is 5.82 Å². The highest BCUT2D eigenvalue weighted by molar-refractivity contribution is 5.76. The molecule has 0 saturated heterocycles. The Kier molecular flexibility index (Phi) is 3.47. The minimum absolute atomic E-state index is 0.0135. The molecular formula is C12H15N3O3. The molecule has 0 fully saturated rings. The van der Waals surface area contributed by atoms with Crippen molar-refractivity contribution in [1.82, 2.24) is 14.9 Å². The summed E-state index contributed by atoms with van der Waals surface area (Å²) in [5.41, 5.74) is 1.72. The van der Waals surface area contributed by atoms with E-state index in [2.05, 4.69) is 9.97 Å². The van der Waals surface area contributed by atoms with E-state index in [9.17, 15) is 4.79 Å². The van der Waals surface area contributed by atoms with Crippen molar-refractivity contribution in [1.29, 1.82) is 0 Å². The van der Waals surface area contributed by atoms with Crippen molar-refractivity contribution in [3.63, 3.8) is 0 Å². The number of carbonyl (C=O) groups is 1. The van der Waals surface area contributed by atoms with Crippen LogP contribution in [-0.4, -0.2) is 46.6 Å². The maximum atomic E-state index is 10.6. The number of rotatable bonds is 5. The third kappa shape index (κ3) is 2.78. The van der Waals surface area contributed by atoms with Crippen molar-refractivity contribution >= 4 is 17.0 Å². The van der Waals surface area contributed by atoms with Gasteiger partial charge in [0.2, 0.25) is 0 Å². The lowest BCUT2D eigenvalue weighted by atomic mass is 10.3. The van der Waals surface area contributed by atoms with Gasteiger partial charge in [0.1, 0.15) is 11.6 Å². The summed E-state index contributed by atoms with van der Waals surface area (Å²) in [6, 6.07) is 5.57. The van der Waals surface area contributed by atoms with Crippen LogP contribution in [-0.2, 0) is 11.3 Å². The number of carboxylic acids is 1. The largest absolute Gasteiger partial charge is 0.497 e. The molecule has 0 saturated carbocycles. The standard InChI is InChI=1S/C12H15N3O3/c1-15(7-12(16)17)6-11-13-9-4-3-8(18-2)5-10(9)14-11/h3-5H,6-7H2,1-2H3,(H,13,14)(H,16,17). The zero-order chi connectivity index (χ0) is 13.1. The molecule has 6 heteroatoms. The summed E-state index contributed by atoms with van der Waals surface area (Å²) >= 11 is 0. The van der Waals surface area contributed by atoms with Gasteiger partial charge < -0.3 is 14.8 Å². The van der Waals surface area contributed by atoms with Crippen molar-refractivity contribution in [3.8, 4) is 5.75 Å². The van der Waals surface area contributed by atoms with Crippen LogP contribution in [0, 0.1) is 0 Å². The number of imidazole rings is 1. The van der Waals surface area contributed by atoms with E-state index >= 15 is 0 Å². The number of nitrogens with one attached hydrogen (secondary N) is 1. The lowest BCUT2D eigenvalue weighted by Crippen LogP contribution is -2.25. The molecular weight excluding hydrogens is 234 g/mol. The van der Waals surface area contributed by atoms with Gasteiger partial charge in [0, 0.05) is 6.07 Å². The zero-order valence-corrected chi connectivity index (χ0v) is 10.3. The molecule has 18 heavy (non-hydrogen) atoms. The Morgan fingerprint density at radius 1 is 1.56 bits per heavy atom. The summed E-state index contributed by atoms with van der Waals surface area (Å²) in [5, 5.41) is 8.68. The van der Waals surface area contributed by atoms with Gasteiger partial charge in [-0.1, -0.05) is 0 Å². The quantitative estimate of drug-likeness (QED) is 0.829. The Bertz CT molecular complexity index is 565. The van der Waals surface area contributed by atoms with Gasteiger partial charge in [-0.15, -0.1) is 0 Å². The summed E-state index contributed by atoms with van der Waals surface area (Å²) in [5.74, 6) is 0.647. The third-order valence-electron chi connectivity index (χ3n) is 2.56. The van der Waals surface area contributed by atoms with Crippen LogP contribution in [0.4, 0.5) is 0 Å². The number of fused-ring (bicyclic) bond motifs is 1. The molecule has 0 bridgehead atoms. The van der Waals surface area contributed by atoms with Crippen molar-refractivity contribution in [3.05, 3.63) is 24.0 Å². The van der Waals surface area contributed by atoms with E-state index in [0.717, 1.165) is 22.6 Å². The first-order valence-corrected chi connectivity index (χ1v) is 5.51. The van der Waals surface area contributed by atoms with Gasteiger partial charge >= 0.3 is 5.97 Å². The fourth-order valence-corrected chi connectivity index (χ4v) is 1.79. The highest BCUT2D eigenvalue weighted by Crippen LogP contribution is 2.18. The van der Waals surface area contributed by atoms with E-state index in [1.807, 2.05) is 18.2 Å². The number of hydrogen-bond donors (Lipinski definition) is 2. The van der Waals surface area contributed by atoms with E-state index in [1.54, 1.807) is 19.1 Å². The Hall–Kier alpha value is -2.08. The SMILES string of the molecule is COc1ccc2nc(CN(C)CC(=O)O)[nH]c2c1. The lowest BCUT2D eigenvalue weighted by molar-refractivity contribution is -0.138. The van der Waals surface area contributed by atoms with Crippen LogP contribution in [0.2, 0.25) is 0 Å². The molecule has 96 valence electrons. The molecule has 0 radical (unpaired) electrons. The maximum Gasteiger partial charge on any atom is 0.317 e.